The van der Waals surface area contributed by atoms with Gasteiger partial charge in [0.25, 0.3) is 0 Å². The van der Waals surface area contributed by atoms with Gasteiger partial charge in [-0.1, -0.05) is 23.8 Å². The number of nitrogens with zero attached hydrogens (tertiary/aromatic N) is 1. The molecule has 3 nitrogen and oxygen atoms in total. The zero-order valence-electron chi connectivity index (χ0n) is 10.2. The normalized spacial score (nSPS) is 10.7. The Morgan fingerprint density at radius 3 is 2.71 bits per heavy atom. The fraction of sp³-hybridized carbons (Fsp3) is 0.385. The number of H-pyrrole nitrogens is 2. The van der Waals surface area contributed by atoms with Crippen molar-refractivity contribution in [2.45, 2.75) is 33.1 Å². The van der Waals surface area contributed by atoms with Crippen molar-refractivity contribution in [1.29, 1.82) is 0 Å². The molecule has 1 aromatic carbocycles. The van der Waals surface area contributed by atoms with Gasteiger partial charge >= 0.3 is 0 Å². The average molecular weight is 247 g/mol. The van der Waals surface area contributed by atoms with Crippen molar-refractivity contribution in [2.75, 3.05) is 0 Å². The summed E-state index contributed by atoms with van der Waals surface area (Å²) in [5, 5.41) is 5.79. The topological polar surface area (TPSA) is 44.5 Å². The minimum atomic E-state index is 0.534. The lowest BCUT2D eigenvalue weighted by Crippen LogP contribution is -1.95. The van der Waals surface area contributed by atoms with E-state index in [1.165, 1.54) is 16.7 Å². The number of aromatic amines is 2. The minimum Gasteiger partial charge on any atom is -0.286 e. The van der Waals surface area contributed by atoms with Gasteiger partial charge in [0.2, 0.25) is 4.77 Å². The van der Waals surface area contributed by atoms with Crippen molar-refractivity contribution in [2.24, 2.45) is 0 Å². The van der Waals surface area contributed by atoms with E-state index in [9.17, 15) is 0 Å². The predicted molar refractivity (Wildman–Crippen MR) is 71.7 cm³/mol. The Labute approximate surface area is 106 Å². The van der Waals surface area contributed by atoms with Crippen molar-refractivity contribution in [1.82, 2.24) is 15.2 Å². The highest BCUT2D eigenvalue weighted by Gasteiger charge is 2.01. The molecule has 1 aromatic heterocycles. The van der Waals surface area contributed by atoms with Gasteiger partial charge in [-0.2, -0.15) is 0 Å². The van der Waals surface area contributed by atoms with E-state index < -0.39 is 0 Å². The molecule has 0 saturated heterocycles. The Balaban J connectivity index is 1.94. The number of aromatic nitrogens is 3. The molecular weight excluding hydrogens is 230 g/mol. The van der Waals surface area contributed by atoms with Crippen LogP contribution in [0, 0.1) is 18.6 Å². The van der Waals surface area contributed by atoms with Crippen LogP contribution in [0.4, 0.5) is 0 Å². The second-order valence-corrected chi connectivity index (χ2v) is 4.78. The molecule has 90 valence electrons. The molecular formula is C13H17N3S. The number of nitrogens with one attached hydrogen (secondary N) is 2. The molecule has 0 fully saturated rings. The molecule has 0 unspecified atom stereocenters. The highest BCUT2D eigenvalue weighted by molar-refractivity contribution is 7.71. The van der Waals surface area contributed by atoms with Gasteiger partial charge in [-0.3, -0.25) is 10.2 Å². The van der Waals surface area contributed by atoms with Crippen LogP contribution in [0.5, 0.6) is 0 Å². The fourth-order valence-electron chi connectivity index (χ4n) is 1.94. The summed E-state index contributed by atoms with van der Waals surface area (Å²) in [6, 6.07) is 6.61. The quantitative estimate of drug-likeness (QED) is 0.814. The molecule has 0 saturated carbocycles. The number of hydrogen-bond donors (Lipinski definition) is 2. The number of rotatable bonds is 4. The molecule has 4 heteroatoms. The standard InChI is InChI=1S/C13H17N3S/c1-9-6-7-10(2)11(8-9)4-3-5-12-14-13(17)16-15-12/h6-8H,3-5H2,1-2H3,(H2,14,15,16,17). The summed E-state index contributed by atoms with van der Waals surface area (Å²) in [6.07, 6.45) is 3.10. The Morgan fingerprint density at radius 2 is 2.00 bits per heavy atom. The van der Waals surface area contributed by atoms with Crippen molar-refractivity contribution >= 4 is 12.2 Å². The lowest BCUT2D eigenvalue weighted by atomic mass is 10.0. The summed E-state index contributed by atoms with van der Waals surface area (Å²) in [5.74, 6) is 0.945. The SMILES string of the molecule is Cc1ccc(C)c(CCCc2nc(=S)[nH][nH]2)c1. The lowest BCUT2D eigenvalue weighted by molar-refractivity contribution is 0.771. The van der Waals surface area contributed by atoms with Gasteiger partial charge < -0.3 is 0 Å². The van der Waals surface area contributed by atoms with Crippen LogP contribution in [0.25, 0.3) is 0 Å². The highest BCUT2D eigenvalue weighted by Crippen LogP contribution is 2.13. The monoisotopic (exact) mass is 247 g/mol. The van der Waals surface area contributed by atoms with E-state index in [1.54, 1.807) is 0 Å². The third kappa shape index (κ3) is 3.27. The largest absolute Gasteiger partial charge is 0.286 e. The zero-order valence-corrected chi connectivity index (χ0v) is 11.0. The van der Waals surface area contributed by atoms with Crippen molar-refractivity contribution in [3.05, 3.63) is 45.5 Å². The number of aryl methyl sites for hydroxylation is 4. The number of benzene rings is 1. The molecule has 2 N–H and O–H groups in total. The molecule has 0 bridgehead atoms. The molecule has 0 aliphatic rings. The summed E-state index contributed by atoms with van der Waals surface area (Å²) in [6.45, 7) is 4.30. The molecule has 17 heavy (non-hydrogen) atoms. The van der Waals surface area contributed by atoms with Crippen LogP contribution in [-0.4, -0.2) is 15.2 Å². The van der Waals surface area contributed by atoms with Gasteiger partial charge in [0.05, 0.1) is 0 Å². The molecule has 2 rings (SSSR count). The molecule has 0 aliphatic carbocycles. The Morgan fingerprint density at radius 1 is 1.18 bits per heavy atom. The van der Waals surface area contributed by atoms with Gasteiger partial charge in [-0.05, 0) is 50.0 Å². The first-order chi connectivity index (χ1) is 8.15. The summed E-state index contributed by atoms with van der Waals surface area (Å²) in [4.78, 5) is 4.19. The molecule has 0 spiro atoms. The van der Waals surface area contributed by atoms with E-state index in [-0.39, 0.29) is 0 Å². The van der Waals surface area contributed by atoms with Crippen LogP contribution in [0.1, 0.15) is 28.9 Å². The molecule has 0 aliphatic heterocycles. The van der Waals surface area contributed by atoms with Gasteiger partial charge in [-0.15, -0.1) is 0 Å². The minimum absolute atomic E-state index is 0.534. The smallest absolute Gasteiger partial charge is 0.213 e. The van der Waals surface area contributed by atoms with E-state index in [0.717, 1.165) is 25.1 Å². The Hall–Kier alpha value is -1.42. The summed E-state index contributed by atoms with van der Waals surface area (Å²) >= 11 is 4.92. The first-order valence-electron chi connectivity index (χ1n) is 5.85. The summed E-state index contributed by atoms with van der Waals surface area (Å²) in [5.41, 5.74) is 4.12. The van der Waals surface area contributed by atoms with Crippen molar-refractivity contribution < 1.29 is 0 Å². The molecule has 1 heterocycles. The van der Waals surface area contributed by atoms with Gasteiger partial charge in [0.1, 0.15) is 5.82 Å². The van der Waals surface area contributed by atoms with Crippen LogP contribution in [-0.2, 0) is 12.8 Å². The van der Waals surface area contributed by atoms with E-state index in [1.807, 2.05) is 0 Å². The number of hydrogen-bond acceptors (Lipinski definition) is 2. The molecule has 0 amide bonds. The average Bonchev–Trinajstić information content (AvgIpc) is 2.69. The van der Waals surface area contributed by atoms with Crippen molar-refractivity contribution in [3.63, 3.8) is 0 Å². The van der Waals surface area contributed by atoms with E-state index >= 15 is 0 Å². The molecule has 0 atom stereocenters. The third-order valence-electron chi connectivity index (χ3n) is 2.91. The van der Waals surface area contributed by atoms with Crippen LogP contribution < -0.4 is 0 Å². The molecule has 2 aromatic rings. The van der Waals surface area contributed by atoms with E-state index in [4.69, 9.17) is 12.2 Å². The van der Waals surface area contributed by atoms with Crippen LogP contribution in [0.3, 0.4) is 0 Å². The fourth-order valence-corrected chi connectivity index (χ4v) is 2.10. The summed E-state index contributed by atoms with van der Waals surface area (Å²) in [7, 11) is 0. The maximum atomic E-state index is 4.92. The maximum Gasteiger partial charge on any atom is 0.213 e. The maximum absolute atomic E-state index is 4.92. The van der Waals surface area contributed by atoms with Crippen LogP contribution in [0.15, 0.2) is 18.2 Å². The predicted octanol–water partition coefficient (Wildman–Crippen LogP) is 3.26. The first kappa shape index (κ1) is 12.0. The second-order valence-electron chi connectivity index (χ2n) is 4.40. The second kappa shape index (κ2) is 5.27. The van der Waals surface area contributed by atoms with E-state index in [0.29, 0.717) is 4.77 Å². The van der Waals surface area contributed by atoms with Gasteiger partial charge in [0.15, 0.2) is 0 Å². The lowest BCUT2D eigenvalue weighted by Gasteiger charge is -2.06. The van der Waals surface area contributed by atoms with Crippen LogP contribution in [0.2, 0.25) is 0 Å². The Bertz CT molecular complexity index is 554. The van der Waals surface area contributed by atoms with Crippen molar-refractivity contribution in [3.8, 4) is 0 Å². The summed E-state index contributed by atoms with van der Waals surface area (Å²) < 4.78 is 0.534. The zero-order chi connectivity index (χ0) is 12.3. The molecule has 0 radical (unpaired) electrons. The van der Waals surface area contributed by atoms with Crippen LogP contribution >= 0.6 is 12.2 Å². The van der Waals surface area contributed by atoms with E-state index in [2.05, 4.69) is 47.2 Å². The third-order valence-corrected chi connectivity index (χ3v) is 3.11. The highest BCUT2D eigenvalue weighted by atomic mass is 32.1. The first-order valence-corrected chi connectivity index (χ1v) is 6.25. The van der Waals surface area contributed by atoms with Gasteiger partial charge in [0, 0.05) is 6.42 Å². The van der Waals surface area contributed by atoms with Gasteiger partial charge in [-0.25, -0.2) is 4.98 Å². The Kier molecular flexibility index (Phi) is 3.74.